The molecule has 8 nitrogen and oxygen atoms in total. The van der Waals surface area contributed by atoms with Gasteiger partial charge < -0.3 is 25.2 Å². The molecule has 1 aliphatic heterocycles. The summed E-state index contributed by atoms with van der Waals surface area (Å²) in [5.41, 5.74) is 2.59. The molecule has 4 N–H and O–H groups in total. The highest BCUT2D eigenvalue weighted by molar-refractivity contribution is 5.83. The Morgan fingerprint density at radius 1 is 0.879 bits per heavy atom. The molecule has 0 amide bonds. The SMILES string of the molecule is CC(COc1ccccc1Cc1ccccc1)N1CCCCC1.O=C(O)C(O)C(O)C(=O)O. The predicted octanol–water partition coefficient (Wildman–Crippen LogP) is 2.41. The number of carboxylic acid groups (broad SMARTS) is 2. The fourth-order valence-corrected chi connectivity index (χ4v) is 3.55. The Bertz CT molecular complexity index is 850. The number of aliphatic hydroxyl groups excluding tert-OH is 2. The molecule has 33 heavy (non-hydrogen) atoms. The first-order valence-corrected chi connectivity index (χ1v) is 11.1. The van der Waals surface area contributed by atoms with E-state index in [0.717, 1.165) is 18.8 Å². The van der Waals surface area contributed by atoms with Crippen LogP contribution in [0.4, 0.5) is 0 Å². The molecule has 0 aliphatic carbocycles. The van der Waals surface area contributed by atoms with E-state index < -0.39 is 24.1 Å². The van der Waals surface area contributed by atoms with Gasteiger partial charge in [0.25, 0.3) is 0 Å². The molecule has 2 aromatic carbocycles. The van der Waals surface area contributed by atoms with Gasteiger partial charge in [0.1, 0.15) is 12.4 Å². The average molecular weight is 460 g/mol. The third-order valence-electron chi connectivity index (χ3n) is 5.51. The summed E-state index contributed by atoms with van der Waals surface area (Å²) in [5.74, 6) is -2.51. The van der Waals surface area contributed by atoms with Crippen LogP contribution in [0, 0.1) is 0 Å². The van der Waals surface area contributed by atoms with Crippen molar-refractivity contribution in [3.63, 3.8) is 0 Å². The zero-order chi connectivity index (χ0) is 24.2. The first kappa shape index (κ1) is 26.3. The Hall–Kier alpha value is -2.94. The number of hydrogen-bond acceptors (Lipinski definition) is 6. The molecule has 8 heteroatoms. The van der Waals surface area contributed by atoms with E-state index in [1.807, 2.05) is 0 Å². The average Bonchev–Trinajstić information content (AvgIpc) is 2.83. The number of piperidine rings is 1. The van der Waals surface area contributed by atoms with Gasteiger partial charge >= 0.3 is 11.9 Å². The second-order valence-electron chi connectivity index (χ2n) is 8.09. The van der Waals surface area contributed by atoms with E-state index in [4.69, 9.17) is 25.2 Å². The summed E-state index contributed by atoms with van der Waals surface area (Å²) in [7, 11) is 0. The van der Waals surface area contributed by atoms with E-state index in [-0.39, 0.29) is 0 Å². The Labute approximate surface area is 194 Å². The van der Waals surface area contributed by atoms with Gasteiger partial charge in [-0.1, -0.05) is 55.0 Å². The number of aliphatic carboxylic acids is 2. The Kier molecular flexibility index (Phi) is 10.8. The lowest BCUT2D eigenvalue weighted by atomic mass is 10.0. The number of para-hydroxylation sites is 1. The van der Waals surface area contributed by atoms with Gasteiger partial charge in [-0.2, -0.15) is 0 Å². The normalized spacial score (nSPS) is 16.6. The molecule has 3 unspecified atom stereocenters. The lowest BCUT2D eigenvalue weighted by Gasteiger charge is -2.32. The van der Waals surface area contributed by atoms with E-state index in [0.29, 0.717) is 6.04 Å². The summed E-state index contributed by atoms with van der Waals surface area (Å²) in [5, 5.41) is 32.5. The van der Waals surface area contributed by atoms with E-state index in [1.165, 1.54) is 43.5 Å². The van der Waals surface area contributed by atoms with Crippen LogP contribution in [0.15, 0.2) is 54.6 Å². The zero-order valence-electron chi connectivity index (χ0n) is 18.8. The lowest BCUT2D eigenvalue weighted by Crippen LogP contribution is -2.40. The third kappa shape index (κ3) is 8.84. The van der Waals surface area contributed by atoms with Crippen LogP contribution in [0.25, 0.3) is 0 Å². The highest BCUT2D eigenvalue weighted by Gasteiger charge is 2.29. The van der Waals surface area contributed by atoms with E-state index >= 15 is 0 Å². The minimum absolute atomic E-state index is 0.486. The van der Waals surface area contributed by atoms with Crippen molar-refractivity contribution in [3.05, 3.63) is 65.7 Å². The topological polar surface area (TPSA) is 128 Å². The summed E-state index contributed by atoms with van der Waals surface area (Å²) in [6, 6.07) is 19.5. The second kappa shape index (κ2) is 13.6. The number of carboxylic acids is 2. The largest absolute Gasteiger partial charge is 0.492 e. The number of likely N-dealkylation sites (tertiary alicyclic amines) is 1. The first-order valence-electron chi connectivity index (χ1n) is 11.1. The van der Waals surface area contributed by atoms with Crippen LogP contribution in [0.1, 0.15) is 37.3 Å². The monoisotopic (exact) mass is 459 g/mol. The predicted molar refractivity (Wildman–Crippen MR) is 123 cm³/mol. The maximum atomic E-state index is 9.77. The number of ether oxygens (including phenoxy) is 1. The van der Waals surface area contributed by atoms with Crippen LogP contribution >= 0.6 is 0 Å². The van der Waals surface area contributed by atoms with Gasteiger partial charge in [-0.05, 0) is 50.0 Å². The minimum atomic E-state index is -2.27. The molecule has 1 fully saturated rings. The van der Waals surface area contributed by atoms with Crippen LogP contribution in [-0.4, -0.2) is 75.2 Å². The van der Waals surface area contributed by atoms with Crippen molar-refractivity contribution in [3.8, 4) is 5.75 Å². The van der Waals surface area contributed by atoms with Crippen molar-refractivity contribution in [1.29, 1.82) is 0 Å². The van der Waals surface area contributed by atoms with Crippen LogP contribution in [0.3, 0.4) is 0 Å². The summed E-state index contributed by atoms with van der Waals surface area (Å²) in [6.45, 7) is 5.49. The maximum absolute atomic E-state index is 9.77. The fourth-order valence-electron chi connectivity index (χ4n) is 3.55. The molecule has 1 heterocycles. The highest BCUT2D eigenvalue weighted by atomic mass is 16.5. The molecule has 0 radical (unpaired) electrons. The molecule has 0 spiro atoms. The molecule has 3 rings (SSSR count). The Balaban J connectivity index is 0.000000328. The van der Waals surface area contributed by atoms with E-state index in [2.05, 4.69) is 66.4 Å². The van der Waals surface area contributed by atoms with Gasteiger partial charge in [-0.15, -0.1) is 0 Å². The number of carbonyl (C=O) groups is 2. The van der Waals surface area contributed by atoms with Crippen molar-refractivity contribution in [2.45, 2.75) is 50.9 Å². The van der Waals surface area contributed by atoms with Crippen LogP contribution in [-0.2, 0) is 16.0 Å². The molecule has 3 atom stereocenters. The fraction of sp³-hybridized carbons (Fsp3) is 0.440. The Morgan fingerprint density at radius 2 is 1.42 bits per heavy atom. The van der Waals surface area contributed by atoms with Crippen molar-refractivity contribution < 1.29 is 34.8 Å². The van der Waals surface area contributed by atoms with Crippen molar-refractivity contribution >= 4 is 11.9 Å². The molecule has 1 saturated heterocycles. The molecule has 1 aliphatic rings. The molecular formula is C25H33NO7. The van der Waals surface area contributed by atoms with Crippen molar-refractivity contribution in [1.82, 2.24) is 4.90 Å². The summed E-state index contributed by atoms with van der Waals surface area (Å²) < 4.78 is 6.18. The zero-order valence-corrected chi connectivity index (χ0v) is 18.8. The smallest absolute Gasteiger partial charge is 0.335 e. The summed E-state index contributed by atoms with van der Waals surface area (Å²) >= 11 is 0. The molecule has 0 saturated carbocycles. The van der Waals surface area contributed by atoms with Gasteiger partial charge in [0.15, 0.2) is 12.2 Å². The number of rotatable bonds is 9. The molecular weight excluding hydrogens is 426 g/mol. The minimum Gasteiger partial charge on any atom is -0.492 e. The number of hydrogen-bond donors (Lipinski definition) is 4. The maximum Gasteiger partial charge on any atom is 0.335 e. The van der Waals surface area contributed by atoms with Crippen molar-refractivity contribution in [2.75, 3.05) is 19.7 Å². The molecule has 0 bridgehead atoms. The standard InChI is InChI=1S/C21H27NO.C4H6O6/c1-18(22-14-8-3-9-15-22)17-23-21-13-7-6-12-20(21)16-19-10-4-2-5-11-19;5-1(3(7)8)2(6)4(9)10/h2,4-7,10-13,18H,3,8-9,14-17H2,1H3;1-2,5-6H,(H,7,8)(H,9,10). The number of nitrogens with zero attached hydrogens (tertiary/aromatic N) is 1. The van der Waals surface area contributed by atoms with E-state index in [9.17, 15) is 9.59 Å². The van der Waals surface area contributed by atoms with E-state index in [1.54, 1.807) is 0 Å². The highest BCUT2D eigenvalue weighted by Crippen LogP contribution is 2.22. The summed E-state index contributed by atoms with van der Waals surface area (Å²) in [6.07, 6.45) is 0.429. The van der Waals surface area contributed by atoms with Crippen LogP contribution in [0.5, 0.6) is 5.75 Å². The van der Waals surface area contributed by atoms with Gasteiger partial charge in [0, 0.05) is 12.5 Å². The number of aliphatic hydroxyl groups is 2. The first-order chi connectivity index (χ1) is 15.8. The third-order valence-corrected chi connectivity index (χ3v) is 5.51. The lowest BCUT2D eigenvalue weighted by molar-refractivity contribution is -0.165. The van der Waals surface area contributed by atoms with Gasteiger partial charge in [0.2, 0.25) is 0 Å². The quantitative estimate of drug-likeness (QED) is 0.450. The van der Waals surface area contributed by atoms with Crippen LogP contribution < -0.4 is 4.74 Å². The van der Waals surface area contributed by atoms with Crippen molar-refractivity contribution in [2.24, 2.45) is 0 Å². The Morgan fingerprint density at radius 3 is 2.00 bits per heavy atom. The van der Waals surface area contributed by atoms with Gasteiger partial charge in [0.05, 0.1) is 0 Å². The van der Waals surface area contributed by atoms with Crippen LogP contribution in [0.2, 0.25) is 0 Å². The molecule has 180 valence electrons. The van der Waals surface area contributed by atoms with Gasteiger partial charge in [-0.25, -0.2) is 9.59 Å². The second-order valence-corrected chi connectivity index (χ2v) is 8.09. The summed E-state index contributed by atoms with van der Waals surface area (Å²) in [4.78, 5) is 22.1. The molecule has 0 aromatic heterocycles. The molecule has 2 aromatic rings. The number of benzene rings is 2. The van der Waals surface area contributed by atoms with Gasteiger partial charge in [-0.3, -0.25) is 4.90 Å².